The molecule has 0 spiro atoms. The monoisotopic (exact) mass is 343 g/mol. The van der Waals surface area contributed by atoms with Gasteiger partial charge in [0.2, 0.25) is 5.91 Å². The van der Waals surface area contributed by atoms with E-state index in [4.69, 9.17) is 28.3 Å². The maximum Gasteiger partial charge on any atom is 0.391 e. The number of hydrogen-bond donors (Lipinski definition) is 2. The van der Waals surface area contributed by atoms with Gasteiger partial charge in [-0.3, -0.25) is 4.79 Å². The molecule has 21 heavy (non-hydrogen) atoms. The molecule has 9 heteroatoms. The van der Waals surface area contributed by atoms with Crippen LogP contribution in [0.5, 0.6) is 0 Å². The van der Waals surface area contributed by atoms with Gasteiger partial charge < -0.3 is 10.4 Å². The van der Waals surface area contributed by atoms with Crippen molar-refractivity contribution >= 4 is 35.1 Å². The summed E-state index contributed by atoms with van der Waals surface area (Å²) in [5.41, 5.74) is 0.401. The Hall–Kier alpha value is -1.47. The van der Waals surface area contributed by atoms with Gasteiger partial charge in [0.1, 0.15) is 6.04 Å². The topological polar surface area (TPSA) is 66.4 Å². The van der Waals surface area contributed by atoms with Crippen molar-refractivity contribution in [3.63, 3.8) is 0 Å². The molecule has 0 radical (unpaired) electrons. The second-order valence-electron chi connectivity index (χ2n) is 4.20. The average molecular weight is 344 g/mol. The fourth-order valence-electron chi connectivity index (χ4n) is 1.51. The van der Waals surface area contributed by atoms with Crippen LogP contribution in [0.2, 0.25) is 10.0 Å². The molecule has 116 valence electrons. The highest BCUT2D eigenvalue weighted by molar-refractivity contribution is 6.42. The number of carboxylic acid groups (broad SMARTS) is 1. The van der Waals surface area contributed by atoms with Crippen molar-refractivity contribution in [3.05, 3.63) is 33.8 Å². The van der Waals surface area contributed by atoms with Gasteiger partial charge in [0.15, 0.2) is 0 Å². The first kappa shape index (κ1) is 17.6. The Balaban J connectivity index is 2.69. The predicted molar refractivity (Wildman–Crippen MR) is 70.4 cm³/mol. The standard InChI is InChI=1S/C12H10Cl2F3NO3/c13-7-2-1-6(3-8(7)14)4-10(19)18-9(11(20)21)5-12(15,16)17/h1-3,9H,4-5H2,(H,18,19)(H,20,21). The van der Waals surface area contributed by atoms with Crippen LogP contribution in [0.4, 0.5) is 13.2 Å². The second kappa shape index (κ2) is 7.00. The van der Waals surface area contributed by atoms with E-state index in [2.05, 4.69) is 0 Å². The Morgan fingerprint density at radius 1 is 1.24 bits per heavy atom. The molecule has 0 aliphatic rings. The number of alkyl halides is 3. The Kier molecular flexibility index (Phi) is 5.86. The summed E-state index contributed by atoms with van der Waals surface area (Å²) in [5, 5.41) is 11.0. The van der Waals surface area contributed by atoms with E-state index >= 15 is 0 Å². The van der Waals surface area contributed by atoms with Crippen LogP contribution < -0.4 is 5.32 Å². The van der Waals surface area contributed by atoms with E-state index in [1.165, 1.54) is 18.2 Å². The lowest BCUT2D eigenvalue weighted by Gasteiger charge is -2.16. The molecule has 1 unspecified atom stereocenters. The van der Waals surface area contributed by atoms with E-state index in [1.807, 2.05) is 5.32 Å². The molecule has 0 saturated carbocycles. The first-order valence-electron chi connectivity index (χ1n) is 5.61. The molecule has 4 nitrogen and oxygen atoms in total. The van der Waals surface area contributed by atoms with Gasteiger partial charge >= 0.3 is 12.1 Å². The summed E-state index contributed by atoms with van der Waals surface area (Å²) in [5.74, 6) is -2.61. The Bertz CT molecular complexity index is 549. The zero-order chi connectivity index (χ0) is 16.2. The van der Waals surface area contributed by atoms with Crippen LogP contribution in [-0.2, 0) is 16.0 Å². The number of amides is 1. The van der Waals surface area contributed by atoms with E-state index in [9.17, 15) is 22.8 Å². The summed E-state index contributed by atoms with van der Waals surface area (Å²) in [6.45, 7) is 0. The largest absolute Gasteiger partial charge is 0.480 e. The third-order valence-corrected chi connectivity index (χ3v) is 3.16. The number of carbonyl (C=O) groups excluding carboxylic acids is 1. The zero-order valence-electron chi connectivity index (χ0n) is 10.4. The number of hydrogen-bond acceptors (Lipinski definition) is 2. The minimum atomic E-state index is -4.69. The second-order valence-corrected chi connectivity index (χ2v) is 5.02. The molecule has 1 aromatic carbocycles. The van der Waals surface area contributed by atoms with Crippen molar-refractivity contribution in [1.82, 2.24) is 5.32 Å². The van der Waals surface area contributed by atoms with Gasteiger partial charge in [-0.25, -0.2) is 4.79 Å². The molecule has 0 aromatic heterocycles. The van der Waals surface area contributed by atoms with Crippen LogP contribution >= 0.6 is 23.2 Å². The number of rotatable bonds is 5. The Morgan fingerprint density at radius 3 is 2.33 bits per heavy atom. The minimum absolute atomic E-state index is 0.187. The lowest BCUT2D eigenvalue weighted by molar-refractivity contribution is -0.159. The molecule has 2 N–H and O–H groups in total. The number of nitrogens with one attached hydrogen (secondary N) is 1. The van der Waals surface area contributed by atoms with Crippen LogP contribution in [-0.4, -0.2) is 29.2 Å². The van der Waals surface area contributed by atoms with Crippen LogP contribution in [0, 0.1) is 0 Å². The minimum Gasteiger partial charge on any atom is -0.480 e. The fourth-order valence-corrected chi connectivity index (χ4v) is 1.83. The first-order valence-corrected chi connectivity index (χ1v) is 6.37. The maximum atomic E-state index is 12.2. The summed E-state index contributed by atoms with van der Waals surface area (Å²) >= 11 is 11.4. The smallest absolute Gasteiger partial charge is 0.391 e. The summed E-state index contributed by atoms with van der Waals surface area (Å²) < 4.78 is 36.6. The Morgan fingerprint density at radius 2 is 1.86 bits per heavy atom. The van der Waals surface area contributed by atoms with Crippen molar-refractivity contribution in [2.75, 3.05) is 0 Å². The quantitative estimate of drug-likeness (QED) is 0.863. The van der Waals surface area contributed by atoms with Crippen molar-refractivity contribution < 1.29 is 27.9 Å². The maximum absolute atomic E-state index is 12.2. The van der Waals surface area contributed by atoms with Crippen LogP contribution in [0.15, 0.2) is 18.2 Å². The van der Waals surface area contributed by atoms with Crippen molar-refractivity contribution in [1.29, 1.82) is 0 Å². The van der Waals surface area contributed by atoms with Gasteiger partial charge in [-0.2, -0.15) is 13.2 Å². The summed E-state index contributed by atoms with van der Waals surface area (Å²) in [4.78, 5) is 22.3. The van der Waals surface area contributed by atoms with E-state index < -0.39 is 30.5 Å². The molecule has 1 atom stereocenters. The average Bonchev–Trinajstić information content (AvgIpc) is 2.31. The van der Waals surface area contributed by atoms with Crippen LogP contribution in [0.3, 0.4) is 0 Å². The third kappa shape index (κ3) is 6.22. The van der Waals surface area contributed by atoms with Gasteiger partial charge in [0.25, 0.3) is 0 Å². The van der Waals surface area contributed by atoms with Gasteiger partial charge in [0.05, 0.1) is 22.9 Å². The third-order valence-electron chi connectivity index (χ3n) is 2.42. The van der Waals surface area contributed by atoms with Gasteiger partial charge in [0, 0.05) is 0 Å². The highest BCUT2D eigenvalue weighted by Gasteiger charge is 2.36. The van der Waals surface area contributed by atoms with E-state index in [0.717, 1.165) is 0 Å². The zero-order valence-corrected chi connectivity index (χ0v) is 11.9. The normalized spacial score (nSPS) is 12.8. The molecule has 0 bridgehead atoms. The van der Waals surface area contributed by atoms with Crippen molar-refractivity contribution in [2.24, 2.45) is 0 Å². The van der Waals surface area contributed by atoms with Gasteiger partial charge in [-0.15, -0.1) is 0 Å². The predicted octanol–water partition coefficient (Wildman–Crippen LogP) is 3.06. The van der Waals surface area contributed by atoms with Crippen LogP contribution in [0.1, 0.15) is 12.0 Å². The van der Waals surface area contributed by atoms with E-state index in [-0.39, 0.29) is 16.5 Å². The van der Waals surface area contributed by atoms with E-state index in [1.54, 1.807) is 0 Å². The van der Waals surface area contributed by atoms with Crippen molar-refractivity contribution in [3.8, 4) is 0 Å². The summed E-state index contributed by atoms with van der Waals surface area (Å²) in [6, 6.07) is 2.24. The number of carbonyl (C=O) groups is 2. The summed E-state index contributed by atoms with van der Waals surface area (Å²) in [7, 11) is 0. The highest BCUT2D eigenvalue weighted by atomic mass is 35.5. The number of halogens is 5. The molecule has 0 saturated heterocycles. The SMILES string of the molecule is O=C(Cc1ccc(Cl)c(Cl)c1)NC(CC(F)(F)F)C(=O)O. The molecule has 1 aromatic rings. The first-order chi connectivity index (χ1) is 9.58. The lowest BCUT2D eigenvalue weighted by Crippen LogP contribution is -2.44. The molecule has 0 heterocycles. The lowest BCUT2D eigenvalue weighted by atomic mass is 10.1. The molecule has 1 rings (SSSR count). The Labute approximate surface area is 127 Å². The summed E-state index contributed by atoms with van der Waals surface area (Å²) in [6.07, 6.45) is -6.64. The molecule has 0 aliphatic heterocycles. The molecule has 0 fully saturated rings. The molecular formula is C12H10Cl2F3NO3. The van der Waals surface area contributed by atoms with Crippen LogP contribution in [0.25, 0.3) is 0 Å². The van der Waals surface area contributed by atoms with Gasteiger partial charge in [-0.05, 0) is 17.7 Å². The van der Waals surface area contributed by atoms with Gasteiger partial charge in [-0.1, -0.05) is 29.3 Å². The fraction of sp³-hybridized carbons (Fsp3) is 0.333. The number of benzene rings is 1. The molecular weight excluding hydrogens is 334 g/mol. The number of carboxylic acids is 1. The molecule has 0 aliphatic carbocycles. The number of aliphatic carboxylic acids is 1. The van der Waals surface area contributed by atoms with Crippen molar-refractivity contribution in [2.45, 2.75) is 25.1 Å². The highest BCUT2D eigenvalue weighted by Crippen LogP contribution is 2.23. The molecule has 1 amide bonds. The van der Waals surface area contributed by atoms with E-state index in [0.29, 0.717) is 5.56 Å².